The van der Waals surface area contributed by atoms with Crippen LogP contribution in [0.15, 0.2) is 18.2 Å². The van der Waals surface area contributed by atoms with Gasteiger partial charge in [-0.2, -0.15) is 0 Å². The van der Waals surface area contributed by atoms with Gasteiger partial charge in [0.15, 0.2) is 11.5 Å². The highest BCUT2D eigenvalue weighted by Crippen LogP contribution is 2.33. The van der Waals surface area contributed by atoms with Crippen molar-refractivity contribution in [2.45, 2.75) is 38.1 Å². The van der Waals surface area contributed by atoms with Crippen LogP contribution in [0.4, 0.5) is 0 Å². The van der Waals surface area contributed by atoms with Gasteiger partial charge in [-0.1, -0.05) is 6.42 Å². The van der Waals surface area contributed by atoms with Crippen molar-refractivity contribution in [3.05, 3.63) is 23.8 Å². The lowest BCUT2D eigenvalue weighted by Crippen LogP contribution is -2.49. The summed E-state index contributed by atoms with van der Waals surface area (Å²) in [6, 6.07) is 5.81. The molecule has 0 radical (unpaired) electrons. The van der Waals surface area contributed by atoms with E-state index in [0.717, 1.165) is 6.42 Å². The van der Waals surface area contributed by atoms with Crippen LogP contribution >= 0.6 is 0 Å². The number of hydrogen-bond donors (Lipinski definition) is 0. The standard InChI is InChI=1S/C18H23NO4/c20-18(13-6-7-16-17(10-13)23-12-22-16)21-11-14-4-3-9-19-8-2-1-5-15(14)19/h6-7,10,14-15H,1-5,8-9,11-12H2/t14-,15+/m1/s1. The van der Waals surface area contributed by atoms with Gasteiger partial charge >= 0.3 is 5.97 Å². The van der Waals surface area contributed by atoms with Crippen molar-refractivity contribution in [1.29, 1.82) is 0 Å². The zero-order valence-electron chi connectivity index (χ0n) is 13.3. The Morgan fingerprint density at radius 3 is 2.96 bits per heavy atom. The molecule has 1 aromatic rings. The molecule has 23 heavy (non-hydrogen) atoms. The summed E-state index contributed by atoms with van der Waals surface area (Å²) in [5.74, 6) is 1.51. The fourth-order valence-electron chi connectivity index (χ4n) is 4.06. The van der Waals surface area contributed by atoms with E-state index in [1.54, 1.807) is 18.2 Å². The molecule has 2 atom stereocenters. The Morgan fingerprint density at radius 1 is 1.13 bits per heavy atom. The van der Waals surface area contributed by atoms with Crippen molar-refractivity contribution < 1.29 is 19.0 Å². The average Bonchev–Trinajstić information content (AvgIpc) is 3.07. The largest absolute Gasteiger partial charge is 0.462 e. The molecule has 4 rings (SSSR count). The monoisotopic (exact) mass is 317 g/mol. The van der Waals surface area contributed by atoms with Crippen LogP contribution in [0.1, 0.15) is 42.5 Å². The summed E-state index contributed by atoms with van der Waals surface area (Å²) in [5, 5.41) is 0. The summed E-state index contributed by atoms with van der Waals surface area (Å²) in [4.78, 5) is 14.9. The molecule has 3 aliphatic rings. The lowest BCUT2D eigenvalue weighted by atomic mass is 9.84. The van der Waals surface area contributed by atoms with Crippen LogP contribution in [0.25, 0.3) is 0 Å². The van der Waals surface area contributed by atoms with Crippen LogP contribution in [0.5, 0.6) is 11.5 Å². The van der Waals surface area contributed by atoms with E-state index in [1.165, 1.54) is 38.8 Å². The molecule has 0 aliphatic carbocycles. The van der Waals surface area contributed by atoms with E-state index in [4.69, 9.17) is 14.2 Å². The lowest BCUT2D eigenvalue weighted by molar-refractivity contribution is 0.00737. The summed E-state index contributed by atoms with van der Waals surface area (Å²) in [6.45, 7) is 3.15. The van der Waals surface area contributed by atoms with E-state index in [1.807, 2.05) is 0 Å². The predicted molar refractivity (Wildman–Crippen MR) is 84.8 cm³/mol. The summed E-state index contributed by atoms with van der Waals surface area (Å²) in [6.07, 6.45) is 6.22. The SMILES string of the molecule is O=C(OC[C@H]1CCCN2CCCC[C@@H]12)c1ccc2c(c1)OCO2. The Morgan fingerprint density at radius 2 is 2.00 bits per heavy atom. The fraction of sp³-hybridized carbons (Fsp3) is 0.611. The second kappa shape index (κ2) is 6.40. The molecule has 0 unspecified atom stereocenters. The predicted octanol–water partition coefficient (Wildman–Crippen LogP) is 2.84. The van der Waals surface area contributed by atoms with E-state index in [9.17, 15) is 4.79 Å². The highest BCUT2D eigenvalue weighted by atomic mass is 16.7. The molecule has 3 aliphatic heterocycles. The number of piperidine rings is 2. The Bertz CT molecular complexity index is 586. The van der Waals surface area contributed by atoms with Gasteiger partial charge in [-0.3, -0.25) is 4.90 Å². The van der Waals surface area contributed by atoms with Crippen LogP contribution < -0.4 is 9.47 Å². The van der Waals surface area contributed by atoms with Crippen molar-refractivity contribution in [3.8, 4) is 11.5 Å². The van der Waals surface area contributed by atoms with Gasteiger partial charge in [0, 0.05) is 12.0 Å². The van der Waals surface area contributed by atoms with E-state index in [-0.39, 0.29) is 12.8 Å². The zero-order valence-corrected chi connectivity index (χ0v) is 13.3. The number of carbonyl (C=O) groups excluding carboxylic acids is 1. The molecule has 0 spiro atoms. The van der Waals surface area contributed by atoms with Crippen LogP contribution in [0, 0.1) is 5.92 Å². The Balaban J connectivity index is 1.37. The molecule has 3 heterocycles. The summed E-state index contributed by atoms with van der Waals surface area (Å²) < 4.78 is 16.2. The van der Waals surface area contributed by atoms with Gasteiger partial charge in [-0.15, -0.1) is 0 Å². The van der Waals surface area contributed by atoms with Gasteiger partial charge < -0.3 is 14.2 Å². The minimum Gasteiger partial charge on any atom is -0.462 e. The molecule has 124 valence electrons. The second-order valence-corrected chi connectivity index (χ2v) is 6.67. The van der Waals surface area contributed by atoms with Crippen LogP contribution in [-0.4, -0.2) is 43.4 Å². The molecule has 0 amide bonds. The molecule has 2 fully saturated rings. The third-order valence-corrected chi connectivity index (χ3v) is 5.27. The highest BCUT2D eigenvalue weighted by Gasteiger charge is 2.33. The van der Waals surface area contributed by atoms with Gasteiger partial charge in [-0.25, -0.2) is 4.79 Å². The summed E-state index contributed by atoms with van der Waals surface area (Å²) >= 11 is 0. The summed E-state index contributed by atoms with van der Waals surface area (Å²) in [5.41, 5.74) is 0.533. The molecule has 1 aromatic carbocycles. The first-order valence-electron chi connectivity index (χ1n) is 8.62. The van der Waals surface area contributed by atoms with Crippen LogP contribution in [0.3, 0.4) is 0 Å². The lowest BCUT2D eigenvalue weighted by Gasteiger charge is -2.44. The normalized spacial score (nSPS) is 26.6. The number of hydrogen-bond acceptors (Lipinski definition) is 5. The first-order valence-corrected chi connectivity index (χ1v) is 8.62. The van der Waals surface area contributed by atoms with Gasteiger partial charge in [0.2, 0.25) is 6.79 Å². The molecular formula is C18H23NO4. The smallest absolute Gasteiger partial charge is 0.338 e. The van der Waals surface area contributed by atoms with Gasteiger partial charge in [0.05, 0.1) is 12.2 Å². The molecule has 0 saturated carbocycles. The number of fused-ring (bicyclic) bond motifs is 2. The van der Waals surface area contributed by atoms with Crippen molar-refractivity contribution in [2.75, 3.05) is 26.5 Å². The molecule has 2 saturated heterocycles. The minimum atomic E-state index is -0.267. The maximum Gasteiger partial charge on any atom is 0.338 e. The van der Waals surface area contributed by atoms with Crippen LogP contribution in [-0.2, 0) is 4.74 Å². The minimum absolute atomic E-state index is 0.216. The average molecular weight is 317 g/mol. The van der Waals surface area contributed by atoms with E-state index >= 15 is 0 Å². The van der Waals surface area contributed by atoms with E-state index < -0.39 is 0 Å². The topological polar surface area (TPSA) is 48.0 Å². The quantitative estimate of drug-likeness (QED) is 0.802. The number of benzene rings is 1. The van der Waals surface area contributed by atoms with Crippen molar-refractivity contribution in [3.63, 3.8) is 0 Å². The Hall–Kier alpha value is -1.75. The molecule has 0 N–H and O–H groups in total. The van der Waals surface area contributed by atoms with Crippen molar-refractivity contribution in [1.82, 2.24) is 4.90 Å². The third-order valence-electron chi connectivity index (χ3n) is 5.27. The Kier molecular flexibility index (Phi) is 4.12. The number of nitrogens with zero attached hydrogens (tertiary/aromatic N) is 1. The number of esters is 1. The van der Waals surface area contributed by atoms with Crippen LogP contribution in [0.2, 0.25) is 0 Å². The second-order valence-electron chi connectivity index (χ2n) is 6.67. The first kappa shape index (κ1) is 14.8. The van der Waals surface area contributed by atoms with E-state index in [0.29, 0.717) is 35.6 Å². The van der Waals surface area contributed by atoms with Gasteiger partial charge in [0.1, 0.15) is 0 Å². The van der Waals surface area contributed by atoms with Crippen molar-refractivity contribution in [2.24, 2.45) is 5.92 Å². The molecular weight excluding hydrogens is 294 g/mol. The van der Waals surface area contributed by atoms with Crippen molar-refractivity contribution >= 4 is 5.97 Å². The van der Waals surface area contributed by atoms with Gasteiger partial charge in [-0.05, 0) is 57.0 Å². The first-order chi connectivity index (χ1) is 11.3. The fourth-order valence-corrected chi connectivity index (χ4v) is 4.06. The molecule has 5 heteroatoms. The molecule has 0 aromatic heterocycles. The number of rotatable bonds is 3. The number of ether oxygens (including phenoxy) is 3. The molecule has 5 nitrogen and oxygen atoms in total. The van der Waals surface area contributed by atoms with Gasteiger partial charge in [0.25, 0.3) is 0 Å². The van der Waals surface area contributed by atoms with E-state index in [2.05, 4.69) is 4.90 Å². The zero-order chi connectivity index (χ0) is 15.6. The molecule has 0 bridgehead atoms. The maximum absolute atomic E-state index is 12.3. The number of carbonyl (C=O) groups is 1. The maximum atomic E-state index is 12.3. The Labute approximate surface area is 136 Å². The third kappa shape index (κ3) is 3.02. The summed E-state index contributed by atoms with van der Waals surface area (Å²) in [7, 11) is 0. The highest BCUT2D eigenvalue weighted by molar-refractivity contribution is 5.90.